The number of fused-ring (bicyclic) bond motifs is 1. The summed E-state index contributed by atoms with van der Waals surface area (Å²) in [5, 5.41) is 8.83. The molecule has 0 saturated carbocycles. The fourth-order valence-corrected chi connectivity index (χ4v) is 3.51. The summed E-state index contributed by atoms with van der Waals surface area (Å²) in [7, 11) is 1.62. The highest BCUT2D eigenvalue weighted by molar-refractivity contribution is 5.95. The average molecular weight is 313 g/mol. The number of carbonyl (C=O) groups is 2. The van der Waals surface area contributed by atoms with Gasteiger partial charge in [-0.25, -0.2) is 0 Å². The van der Waals surface area contributed by atoms with Crippen LogP contribution in [0.4, 0.5) is 0 Å². The van der Waals surface area contributed by atoms with Crippen LogP contribution in [0.3, 0.4) is 0 Å². The zero-order valence-corrected chi connectivity index (χ0v) is 13.1. The van der Waals surface area contributed by atoms with E-state index in [-0.39, 0.29) is 23.9 Å². The predicted octanol–water partition coefficient (Wildman–Crippen LogP) is 1.02. The van der Waals surface area contributed by atoms with Crippen LogP contribution < -0.4 is 0 Å². The zero-order chi connectivity index (χ0) is 16.4. The molecule has 3 rings (SSSR count). The van der Waals surface area contributed by atoms with Crippen molar-refractivity contribution in [2.24, 2.45) is 0 Å². The van der Waals surface area contributed by atoms with Gasteiger partial charge in [0.25, 0.3) is 5.91 Å². The fraction of sp³-hybridized carbons (Fsp3) is 0.471. The highest BCUT2D eigenvalue weighted by Gasteiger charge is 2.48. The Labute approximate surface area is 135 Å². The van der Waals surface area contributed by atoms with Crippen LogP contribution in [0.25, 0.3) is 0 Å². The van der Waals surface area contributed by atoms with Gasteiger partial charge in [-0.3, -0.25) is 9.59 Å². The summed E-state index contributed by atoms with van der Waals surface area (Å²) in [6.45, 7) is 1.75. The Morgan fingerprint density at radius 2 is 2.09 bits per heavy atom. The third kappa shape index (κ3) is 2.80. The topological polar surface area (TPSA) is 73.6 Å². The van der Waals surface area contributed by atoms with E-state index >= 15 is 0 Å². The Morgan fingerprint density at radius 3 is 2.74 bits per heavy atom. The van der Waals surface area contributed by atoms with Gasteiger partial charge in [-0.05, 0) is 30.7 Å². The molecule has 1 aromatic rings. The van der Waals surface area contributed by atoms with Crippen molar-refractivity contribution in [2.45, 2.75) is 24.9 Å². The first-order valence-electron chi connectivity index (χ1n) is 7.75. The minimum atomic E-state index is -0.0663. The van der Waals surface area contributed by atoms with Crippen LogP contribution in [0.15, 0.2) is 24.3 Å². The van der Waals surface area contributed by atoms with Crippen LogP contribution >= 0.6 is 0 Å². The molecule has 0 unspecified atom stereocenters. The molecule has 2 saturated heterocycles. The molecule has 2 amide bonds. The Balaban J connectivity index is 1.74. The first-order chi connectivity index (χ1) is 11.2. The molecule has 2 heterocycles. The second-order valence-corrected chi connectivity index (χ2v) is 5.90. The third-order valence-electron chi connectivity index (χ3n) is 4.67. The predicted molar refractivity (Wildman–Crippen MR) is 82.6 cm³/mol. The van der Waals surface area contributed by atoms with E-state index < -0.39 is 0 Å². The summed E-state index contributed by atoms with van der Waals surface area (Å²) in [5.74, 6) is 0.0257. The number of carbonyl (C=O) groups excluding carboxylic acids is 2. The Kier molecular flexibility index (Phi) is 4.30. The summed E-state index contributed by atoms with van der Waals surface area (Å²) in [4.78, 5) is 28.5. The highest BCUT2D eigenvalue weighted by atomic mass is 16.5. The largest absolute Gasteiger partial charge is 0.383 e. The minimum absolute atomic E-state index is 0.0532. The molecule has 0 aromatic heterocycles. The van der Waals surface area contributed by atoms with Gasteiger partial charge in [0.05, 0.1) is 30.3 Å². The molecule has 2 fully saturated rings. The van der Waals surface area contributed by atoms with Crippen molar-refractivity contribution in [2.75, 3.05) is 26.8 Å². The first kappa shape index (κ1) is 15.5. The van der Waals surface area contributed by atoms with Crippen molar-refractivity contribution in [3.05, 3.63) is 35.4 Å². The summed E-state index contributed by atoms with van der Waals surface area (Å²) < 4.78 is 5.07. The van der Waals surface area contributed by atoms with Gasteiger partial charge >= 0.3 is 0 Å². The lowest BCUT2D eigenvalue weighted by Crippen LogP contribution is -2.40. The van der Waals surface area contributed by atoms with Crippen molar-refractivity contribution in [1.29, 1.82) is 5.26 Å². The molecular weight excluding hydrogens is 294 g/mol. The van der Waals surface area contributed by atoms with E-state index in [0.717, 1.165) is 6.42 Å². The molecule has 1 aromatic carbocycles. The van der Waals surface area contributed by atoms with Crippen LogP contribution in [0.5, 0.6) is 0 Å². The first-order valence-corrected chi connectivity index (χ1v) is 7.75. The molecule has 0 spiro atoms. The maximum absolute atomic E-state index is 12.7. The van der Waals surface area contributed by atoms with Gasteiger partial charge in [-0.15, -0.1) is 0 Å². The maximum atomic E-state index is 12.7. The number of methoxy groups -OCH3 is 1. The van der Waals surface area contributed by atoms with Gasteiger partial charge in [0.15, 0.2) is 0 Å². The molecule has 2 aliphatic heterocycles. The van der Waals surface area contributed by atoms with E-state index in [1.165, 1.54) is 0 Å². The van der Waals surface area contributed by atoms with Crippen molar-refractivity contribution < 1.29 is 14.3 Å². The molecule has 0 aliphatic carbocycles. The summed E-state index contributed by atoms with van der Waals surface area (Å²) in [6, 6.07) is 8.72. The van der Waals surface area contributed by atoms with E-state index in [2.05, 4.69) is 0 Å². The molecular formula is C17H19N3O3. The smallest absolute Gasteiger partial charge is 0.254 e. The van der Waals surface area contributed by atoms with Crippen molar-refractivity contribution in [3.8, 4) is 6.07 Å². The van der Waals surface area contributed by atoms with Gasteiger partial charge < -0.3 is 14.5 Å². The number of nitrogens with zero attached hydrogens (tertiary/aromatic N) is 3. The fourth-order valence-electron chi connectivity index (χ4n) is 3.51. The zero-order valence-electron chi connectivity index (χ0n) is 13.1. The van der Waals surface area contributed by atoms with Crippen LogP contribution in [-0.2, 0) is 9.53 Å². The van der Waals surface area contributed by atoms with Crippen molar-refractivity contribution in [1.82, 2.24) is 9.80 Å². The van der Waals surface area contributed by atoms with E-state index in [0.29, 0.717) is 37.2 Å². The number of hydrogen-bond acceptors (Lipinski definition) is 4. The molecule has 2 atom stereocenters. The van der Waals surface area contributed by atoms with Gasteiger partial charge in [0, 0.05) is 32.2 Å². The van der Waals surface area contributed by atoms with E-state index in [1.54, 1.807) is 36.3 Å². The van der Waals surface area contributed by atoms with E-state index in [1.807, 2.05) is 11.0 Å². The molecule has 0 bridgehead atoms. The summed E-state index contributed by atoms with van der Waals surface area (Å²) in [5.41, 5.74) is 1.09. The van der Waals surface area contributed by atoms with Gasteiger partial charge in [0.2, 0.25) is 5.91 Å². The number of benzene rings is 1. The van der Waals surface area contributed by atoms with Crippen LogP contribution in [-0.4, -0.2) is 60.5 Å². The van der Waals surface area contributed by atoms with Crippen molar-refractivity contribution >= 4 is 11.8 Å². The Hall–Kier alpha value is -2.39. The van der Waals surface area contributed by atoms with Crippen molar-refractivity contribution in [3.63, 3.8) is 0 Å². The number of rotatable bonds is 4. The lowest BCUT2D eigenvalue weighted by molar-refractivity contribution is -0.129. The number of likely N-dealkylation sites (tertiary alicyclic amines) is 2. The molecule has 23 heavy (non-hydrogen) atoms. The monoisotopic (exact) mass is 313 g/mol. The lowest BCUT2D eigenvalue weighted by Gasteiger charge is -2.25. The molecule has 6 heteroatoms. The highest BCUT2D eigenvalue weighted by Crippen LogP contribution is 2.33. The van der Waals surface area contributed by atoms with Gasteiger partial charge in [0.1, 0.15) is 0 Å². The third-order valence-corrected chi connectivity index (χ3v) is 4.67. The standard InChI is InChI=1S/C17H19N3O3/c1-23-9-8-19-14-6-7-20(15(14)10-16(19)21)17(22)13-4-2-12(11-18)3-5-13/h2-5,14-15H,6-10H2,1H3/t14-,15+/m1/s1. The molecule has 120 valence electrons. The number of hydrogen-bond donors (Lipinski definition) is 0. The second kappa shape index (κ2) is 6.39. The number of nitriles is 1. The van der Waals surface area contributed by atoms with Crippen LogP contribution in [0, 0.1) is 11.3 Å². The SMILES string of the molecule is COCCN1C(=O)C[C@H]2[C@H]1CCN2C(=O)c1ccc(C#N)cc1. The van der Waals surface area contributed by atoms with E-state index in [9.17, 15) is 9.59 Å². The van der Waals surface area contributed by atoms with E-state index in [4.69, 9.17) is 10.00 Å². The molecule has 0 N–H and O–H groups in total. The number of ether oxygens (including phenoxy) is 1. The molecule has 6 nitrogen and oxygen atoms in total. The maximum Gasteiger partial charge on any atom is 0.254 e. The quantitative estimate of drug-likeness (QED) is 0.832. The van der Waals surface area contributed by atoms with Crippen LogP contribution in [0.1, 0.15) is 28.8 Å². The minimum Gasteiger partial charge on any atom is -0.383 e. The summed E-state index contributed by atoms with van der Waals surface area (Å²) in [6.07, 6.45) is 1.19. The number of amides is 2. The van der Waals surface area contributed by atoms with Gasteiger partial charge in [-0.1, -0.05) is 0 Å². The summed E-state index contributed by atoms with van der Waals surface area (Å²) >= 11 is 0. The molecule has 2 aliphatic rings. The average Bonchev–Trinajstić information content (AvgIpc) is 3.11. The van der Waals surface area contributed by atoms with Gasteiger partial charge in [-0.2, -0.15) is 5.26 Å². The normalized spacial score (nSPS) is 23.0. The Morgan fingerprint density at radius 1 is 1.35 bits per heavy atom. The second-order valence-electron chi connectivity index (χ2n) is 5.90. The lowest BCUT2D eigenvalue weighted by atomic mass is 10.1. The van der Waals surface area contributed by atoms with Crippen LogP contribution in [0.2, 0.25) is 0 Å². The Bertz CT molecular complexity index is 650. The molecule has 0 radical (unpaired) electrons.